The average molecular weight is 287 g/mol. The molecule has 0 saturated heterocycles. The van der Waals surface area contributed by atoms with Gasteiger partial charge in [0.1, 0.15) is 0 Å². The lowest BCUT2D eigenvalue weighted by atomic mass is 9.98. The van der Waals surface area contributed by atoms with E-state index in [9.17, 15) is 4.79 Å². The van der Waals surface area contributed by atoms with Crippen LogP contribution in [0.15, 0.2) is 55.0 Å². The summed E-state index contributed by atoms with van der Waals surface area (Å²) >= 11 is 5.90. The molecule has 4 heteroatoms. The van der Waals surface area contributed by atoms with Crippen LogP contribution < -0.4 is 0 Å². The number of allylic oxidation sites excluding steroid dienone is 1. The number of hydrogen-bond donors (Lipinski definition) is 0. The number of halogens is 1. The zero-order chi connectivity index (χ0) is 14.5. The number of aromatic nitrogens is 1. The summed E-state index contributed by atoms with van der Waals surface area (Å²) in [6, 6.07) is 10.7. The van der Waals surface area contributed by atoms with Crippen molar-refractivity contribution in [1.82, 2.24) is 9.88 Å². The minimum Gasteiger partial charge on any atom is -0.383 e. The molecule has 1 aromatic carbocycles. The van der Waals surface area contributed by atoms with E-state index in [1.807, 2.05) is 37.3 Å². The Morgan fingerprint density at radius 3 is 2.20 bits per heavy atom. The van der Waals surface area contributed by atoms with Crippen LogP contribution in [-0.4, -0.2) is 29.8 Å². The van der Waals surface area contributed by atoms with Gasteiger partial charge in [-0.25, -0.2) is 0 Å². The van der Waals surface area contributed by atoms with Crippen LogP contribution in [0, 0.1) is 0 Å². The number of pyridine rings is 1. The molecule has 0 spiro atoms. The first-order valence-electron chi connectivity index (χ1n) is 6.17. The smallest absolute Gasteiger partial charge is 0.195 e. The van der Waals surface area contributed by atoms with Crippen LogP contribution in [0.5, 0.6) is 0 Å². The summed E-state index contributed by atoms with van der Waals surface area (Å²) in [6.07, 6.45) is 5.04. The van der Waals surface area contributed by atoms with E-state index in [0.717, 1.165) is 5.56 Å². The Balaban J connectivity index is 2.44. The van der Waals surface area contributed by atoms with Crippen molar-refractivity contribution < 1.29 is 4.79 Å². The molecule has 2 aromatic rings. The summed E-state index contributed by atoms with van der Waals surface area (Å²) in [7, 11) is 3.77. The molecule has 0 amide bonds. The first-order valence-corrected chi connectivity index (χ1v) is 6.54. The van der Waals surface area contributed by atoms with Gasteiger partial charge in [0.2, 0.25) is 0 Å². The number of benzene rings is 1. The average Bonchev–Trinajstić information content (AvgIpc) is 2.46. The molecule has 102 valence electrons. The predicted molar refractivity (Wildman–Crippen MR) is 81.7 cm³/mol. The molecule has 2 rings (SSSR count). The highest BCUT2D eigenvalue weighted by Gasteiger charge is 2.14. The highest BCUT2D eigenvalue weighted by Crippen LogP contribution is 2.22. The lowest BCUT2D eigenvalue weighted by molar-refractivity contribution is 0.105. The maximum atomic E-state index is 12.6. The number of carbonyl (C=O) groups is 1. The summed E-state index contributed by atoms with van der Waals surface area (Å²) in [6.45, 7) is 0. The largest absolute Gasteiger partial charge is 0.383 e. The van der Waals surface area contributed by atoms with Gasteiger partial charge in [0.05, 0.1) is 0 Å². The maximum Gasteiger partial charge on any atom is 0.195 e. The van der Waals surface area contributed by atoms with Crippen molar-refractivity contribution in [1.29, 1.82) is 0 Å². The Labute approximate surface area is 123 Å². The zero-order valence-corrected chi connectivity index (χ0v) is 12.1. The van der Waals surface area contributed by atoms with Crippen LogP contribution >= 0.6 is 11.6 Å². The van der Waals surface area contributed by atoms with Gasteiger partial charge < -0.3 is 4.90 Å². The molecule has 0 aliphatic carbocycles. The first kappa shape index (κ1) is 14.3. The van der Waals surface area contributed by atoms with E-state index in [2.05, 4.69) is 4.98 Å². The molecule has 3 nitrogen and oxygen atoms in total. The molecule has 20 heavy (non-hydrogen) atoms. The molecule has 0 saturated carbocycles. The third kappa shape index (κ3) is 3.45. The first-order chi connectivity index (χ1) is 9.58. The molecular formula is C16H15ClN2O. The Morgan fingerprint density at radius 1 is 1.05 bits per heavy atom. The van der Waals surface area contributed by atoms with E-state index >= 15 is 0 Å². The molecular weight excluding hydrogens is 272 g/mol. The third-order valence-corrected chi connectivity index (χ3v) is 2.98. The summed E-state index contributed by atoms with van der Waals surface area (Å²) in [4.78, 5) is 18.4. The molecule has 0 aliphatic heterocycles. The fourth-order valence-electron chi connectivity index (χ4n) is 1.81. The minimum absolute atomic E-state index is 0.0385. The number of rotatable bonds is 4. The van der Waals surface area contributed by atoms with Gasteiger partial charge in [-0.15, -0.1) is 0 Å². The van der Waals surface area contributed by atoms with Gasteiger partial charge in [-0.3, -0.25) is 9.78 Å². The van der Waals surface area contributed by atoms with Gasteiger partial charge >= 0.3 is 0 Å². The number of nitrogens with zero attached hydrogens (tertiary/aromatic N) is 2. The Hall–Kier alpha value is -2.13. The molecule has 0 radical (unpaired) electrons. The fraction of sp³-hybridized carbons (Fsp3) is 0.125. The summed E-state index contributed by atoms with van der Waals surface area (Å²) in [5.74, 6) is -0.0385. The molecule has 0 atom stereocenters. The lowest BCUT2D eigenvalue weighted by Crippen LogP contribution is -2.09. The summed E-state index contributed by atoms with van der Waals surface area (Å²) in [5.41, 5.74) is 2.07. The normalized spacial score (nSPS) is 11.2. The van der Waals surface area contributed by atoms with Crippen molar-refractivity contribution in [2.75, 3.05) is 14.1 Å². The van der Waals surface area contributed by atoms with Crippen LogP contribution in [0.4, 0.5) is 0 Å². The Bertz CT molecular complexity index is 619. The molecule has 0 aliphatic rings. The van der Waals surface area contributed by atoms with Gasteiger partial charge in [0.15, 0.2) is 5.78 Å². The van der Waals surface area contributed by atoms with Crippen LogP contribution in [0.25, 0.3) is 5.57 Å². The minimum atomic E-state index is -0.0385. The Morgan fingerprint density at radius 2 is 1.65 bits per heavy atom. The predicted octanol–water partition coefficient (Wildman–Crippen LogP) is 3.52. The fourth-order valence-corrected chi connectivity index (χ4v) is 1.94. The van der Waals surface area contributed by atoms with Gasteiger partial charge in [0, 0.05) is 48.8 Å². The van der Waals surface area contributed by atoms with Crippen molar-refractivity contribution in [2.24, 2.45) is 0 Å². The second-order valence-corrected chi connectivity index (χ2v) is 5.01. The monoisotopic (exact) mass is 286 g/mol. The van der Waals surface area contributed by atoms with Crippen LogP contribution in [0.3, 0.4) is 0 Å². The van der Waals surface area contributed by atoms with E-state index in [4.69, 9.17) is 11.6 Å². The molecule has 0 bridgehead atoms. The van der Waals surface area contributed by atoms with Crippen molar-refractivity contribution in [2.45, 2.75) is 0 Å². The number of ketones is 1. The van der Waals surface area contributed by atoms with Gasteiger partial charge in [-0.2, -0.15) is 0 Å². The second-order valence-electron chi connectivity index (χ2n) is 4.58. The number of hydrogen-bond acceptors (Lipinski definition) is 3. The van der Waals surface area contributed by atoms with Gasteiger partial charge in [-0.1, -0.05) is 23.7 Å². The Kier molecular flexibility index (Phi) is 4.53. The zero-order valence-electron chi connectivity index (χ0n) is 11.4. The summed E-state index contributed by atoms with van der Waals surface area (Å²) in [5, 5.41) is 0.648. The van der Waals surface area contributed by atoms with E-state index in [-0.39, 0.29) is 5.78 Å². The summed E-state index contributed by atoms with van der Waals surface area (Å²) < 4.78 is 0. The number of carbonyl (C=O) groups excluding carboxylic acids is 1. The molecule has 0 unspecified atom stereocenters. The molecule has 1 heterocycles. The van der Waals surface area contributed by atoms with Gasteiger partial charge in [0.25, 0.3) is 0 Å². The second kappa shape index (κ2) is 6.35. The molecule has 0 fully saturated rings. The van der Waals surface area contributed by atoms with E-state index < -0.39 is 0 Å². The molecule has 0 N–H and O–H groups in total. The lowest BCUT2D eigenvalue weighted by Gasteiger charge is -2.12. The van der Waals surface area contributed by atoms with Crippen LogP contribution in [0.2, 0.25) is 5.02 Å². The SMILES string of the molecule is CN(C)/C=C(\C(=O)c1ccncc1)c1ccc(Cl)cc1. The highest BCUT2D eigenvalue weighted by atomic mass is 35.5. The van der Waals surface area contributed by atoms with Crippen molar-refractivity contribution >= 4 is 23.0 Å². The maximum absolute atomic E-state index is 12.6. The van der Waals surface area contributed by atoms with Crippen molar-refractivity contribution in [3.63, 3.8) is 0 Å². The number of Topliss-reactive ketones (excluding diaryl/α,β-unsaturated/α-hetero) is 1. The molecule has 1 aromatic heterocycles. The standard InChI is InChI=1S/C16H15ClN2O/c1-19(2)11-15(12-3-5-14(17)6-4-12)16(20)13-7-9-18-10-8-13/h3-11H,1-2H3/b15-11-. The van der Waals surface area contributed by atoms with E-state index in [1.165, 1.54) is 0 Å². The third-order valence-electron chi connectivity index (χ3n) is 2.73. The topological polar surface area (TPSA) is 33.2 Å². The van der Waals surface area contributed by atoms with Crippen LogP contribution in [0.1, 0.15) is 15.9 Å². The van der Waals surface area contributed by atoms with E-state index in [0.29, 0.717) is 16.2 Å². The van der Waals surface area contributed by atoms with Crippen LogP contribution in [-0.2, 0) is 0 Å². The van der Waals surface area contributed by atoms with Crippen molar-refractivity contribution in [3.8, 4) is 0 Å². The highest BCUT2D eigenvalue weighted by molar-refractivity contribution is 6.31. The van der Waals surface area contributed by atoms with Gasteiger partial charge in [-0.05, 0) is 29.8 Å². The van der Waals surface area contributed by atoms with E-state index in [1.54, 1.807) is 36.7 Å². The van der Waals surface area contributed by atoms with Crippen molar-refractivity contribution in [3.05, 3.63) is 71.1 Å². The quantitative estimate of drug-likeness (QED) is 0.637.